The predicted octanol–water partition coefficient (Wildman–Crippen LogP) is 2.75. The van der Waals surface area contributed by atoms with Crippen molar-refractivity contribution in [3.63, 3.8) is 0 Å². The third kappa shape index (κ3) is 5.11. The lowest BCUT2D eigenvalue weighted by Crippen LogP contribution is -2.38. The van der Waals surface area contributed by atoms with Gasteiger partial charge >= 0.3 is 0 Å². The Labute approximate surface area is 103 Å². The fraction of sp³-hybridized carbons (Fsp3) is 0.500. The fourth-order valence-electron chi connectivity index (χ4n) is 1.72. The predicted molar refractivity (Wildman–Crippen MR) is 69.0 cm³/mol. The van der Waals surface area contributed by atoms with Gasteiger partial charge in [0.1, 0.15) is 12.3 Å². The highest BCUT2D eigenvalue weighted by molar-refractivity contribution is 5.77. The zero-order valence-corrected chi connectivity index (χ0v) is 10.8. The fourth-order valence-corrected chi connectivity index (χ4v) is 1.72. The first-order valence-electron chi connectivity index (χ1n) is 6.00. The zero-order chi connectivity index (χ0) is 12.9. The first-order chi connectivity index (χ1) is 7.91. The van der Waals surface area contributed by atoms with Gasteiger partial charge in [0, 0.05) is 17.9 Å². The lowest BCUT2D eigenvalue weighted by atomic mass is 10.0. The highest BCUT2D eigenvalue weighted by atomic mass is 16.5. The van der Waals surface area contributed by atoms with Gasteiger partial charge < -0.3 is 9.85 Å². The molecule has 0 fully saturated rings. The normalized spacial score (nSPS) is 16.2. The summed E-state index contributed by atoms with van der Waals surface area (Å²) in [5, 5.41) is 12.2. The summed E-state index contributed by atoms with van der Waals surface area (Å²) >= 11 is 0. The minimum absolute atomic E-state index is 0.0165. The van der Waals surface area contributed by atoms with E-state index in [2.05, 4.69) is 0 Å². The largest absolute Gasteiger partial charge is 0.633 e. The Morgan fingerprint density at radius 1 is 1.35 bits per heavy atom. The first-order valence-corrected chi connectivity index (χ1v) is 6.00. The SMILES string of the molecule is CC(=O)C(C)CC[N+](C)([O-])Cc1ccccc1. The molecule has 1 aromatic rings. The van der Waals surface area contributed by atoms with Crippen LogP contribution in [0.15, 0.2) is 30.3 Å². The third-order valence-electron chi connectivity index (χ3n) is 3.09. The zero-order valence-electron chi connectivity index (χ0n) is 10.8. The van der Waals surface area contributed by atoms with Gasteiger partial charge in [0.25, 0.3) is 0 Å². The van der Waals surface area contributed by atoms with E-state index < -0.39 is 0 Å². The van der Waals surface area contributed by atoms with E-state index in [1.54, 1.807) is 14.0 Å². The van der Waals surface area contributed by atoms with E-state index in [-0.39, 0.29) is 16.3 Å². The molecule has 0 saturated carbocycles. The summed E-state index contributed by atoms with van der Waals surface area (Å²) in [6.07, 6.45) is 0.655. The molecule has 0 spiro atoms. The van der Waals surface area contributed by atoms with Crippen LogP contribution < -0.4 is 0 Å². The van der Waals surface area contributed by atoms with Gasteiger partial charge in [-0.15, -0.1) is 0 Å². The van der Waals surface area contributed by atoms with Gasteiger partial charge in [0.2, 0.25) is 0 Å². The first kappa shape index (κ1) is 13.9. The summed E-state index contributed by atoms with van der Waals surface area (Å²) in [5.74, 6) is 0.141. The number of hydroxylamine groups is 3. The second-order valence-corrected chi connectivity index (χ2v) is 4.96. The molecule has 0 amide bonds. The number of rotatable bonds is 6. The molecule has 3 nitrogen and oxygen atoms in total. The van der Waals surface area contributed by atoms with Crippen molar-refractivity contribution in [2.45, 2.75) is 26.8 Å². The van der Waals surface area contributed by atoms with Crippen LogP contribution in [-0.2, 0) is 11.3 Å². The summed E-state index contributed by atoms with van der Waals surface area (Å²) in [6, 6.07) is 9.74. The molecule has 0 aliphatic rings. The molecule has 1 aromatic carbocycles. The number of ketones is 1. The van der Waals surface area contributed by atoms with Crippen LogP contribution in [0.5, 0.6) is 0 Å². The minimum Gasteiger partial charge on any atom is -0.633 e. The molecule has 3 heteroatoms. The maximum atomic E-state index is 12.2. The van der Waals surface area contributed by atoms with Gasteiger partial charge in [0.05, 0.1) is 13.6 Å². The van der Waals surface area contributed by atoms with Crippen LogP contribution >= 0.6 is 0 Å². The molecular weight excluding hydrogens is 214 g/mol. The maximum absolute atomic E-state index is 12.2. The molecule has 17 heavy (non-hydrogen) atoms. The van der Waals surface area contributed by atoms with Gasteiger partial charge in [-0.05, 0) is 6.92 Å². The van der Waals surface area contributed by atoms with E-state index in [1.807, 2.05) is 37.3 Å². The third-order valence-corrected chi connectivity index (χ3v) is 3.09. The Hall–Kier alpha value is -1.19. The Morgan fingerprint density at radius 3 is 2.47 bits per heavy atom. The molecule has 94 valence electrons. The van der Waals surface area contributed by atoms with Crippen LogP contribution in [0.3, 0.4) is 0 Å². The van der Waals surface area contributed by atoms with E-state index >= 15 is 0 Å². The van der Waals surface area contributed by atoms with Crippen molar-refractivity contribution >= 4 is 5.78 Å². The average molecular weight is 235 g/mol. The summed E-state index contributed by atoms with van der Waals surface area (Å²) < 4.78 is -0.318. The Morgan fingerprint density at radius 2 is 1.94 bits per heavy atom. The standard InChI is InChI=1S/C14H21NO2/c1-12(13(2)16)9-10-15(3,17)11-14-7-5-4-6-8-14/h4-8,12H,9-11H2,1-3H3. The van der Waals surface area contributed by atoms with Crippen LogP contribution in [0, 0.1) is 11.1 Å². The Bertz CT molecular complexity index is 360. The average Bonchev–Trinajstić information content (AvgIpc) is 2.26. The lowest BCUT2D eigenvalue weighted by Gasteiger charge is -2.39. The smallest absolute Gasteiger partial charge is 0.132 e. The van der Waals surface area contributed by atoms with Crippen LogP contribution in [0.2, 0.25) is 0 Å². The number of carbonyl (C=O) groups excluding carboxylic acids is 1. The van der Waals surface area contributed by atoms with Gasteiger partial charge in [-0.1, -0.05) is 37.3 Å². The van der Waals surface area contributed by atoms with E-state index in [0.29, 0.717) is 19.5 Å². The van der Waals surface area contributed by atoms with E-state index in [1.165, 1.54) is 0 Å². The van der Waals surface area contributed by atoms with Crippen LogP contribution in [-0.4, -0.2) is 24.0 Å². The molecule has 1 rings (SSSR count). The summed E-state index contributed by atoms with van der Waals surface area (Å²) in [4.78, 5) is 11.1. The number of nitrogens with zero attached hydrogens (tertiary/aromatic N) is 1. The number of carbonyl (C=O) groups is 1. The Balaban J connectivity index is 2.49. The molecular formula is C14H21NO2. The van der Waals surface area contributed by atoms with Gasteiger partial charge in [0.15, 0.2) is 0 Å². The van der Waals surface area contributed by atoms with Crippen LogP contribution in [0.1, 0.15) is 25.8 Å². The second kappa shape index (κ2) is 5.94. The molecule has 0 aromatic heterocycles. The Kier molecular flexibility index (Phi) is 4.85. The number of benzene rings is 1. The van der Waals surface area contributed by atoms with Crippen molar-refractivity contribution in [1.82, 2.24) is 0 Å². The van der Waals surface area contributed by atoms with Gasteiger partial charge in [-0.3, -0.25) is 4.79 Å². The number of Topliss-reactive ketones (excluding diaryl/α,β-unsaturated/α-hetero) is 1. The molecule has 0 aliphatic heterocycles. The summed E-state index contributed by atoms with van der Waals surface area (Å²) in [7, 11) is 1.67. The summed E-state index contributed by atoms with van der Waals surface area (Å²) in [5.41, 5.74) is 1.04. The number of hydrogen-bond donors (Lipinski definition) is 0. The summed E-state index contributed by atoms with van der Waals surface area (Å²) in [6.45, 7) is 4.41. The highest BCUT2D eigenvalue weighted by Gasteiger charge is 2.15. The molecule has 0 bridgehead atoms. The van der Waals surface area contributed by atoms with E-state index in [4.69, 9.17) is 0 Å². The molecule has 0 radical (unpaired) electrons. The highest BCUT2D eigenvalue weighted by Crippen LogP contribution is 2.14. The van der Waals surface area contributed by atoms with E-state index in [9.17, 15) is 10.0 Å². The van der Waals surface area contributed by atoms with Gasteiger partial charge in [-0.25, -0.2) is 0 Å². The van der Waals surface area contributed by atoms with Crippen molar-refractivity contribution in [2.24, 2.45) is 5.92 Å². The quantitative estimate of drug-likeness (QED) is 0.562. The lowest BCUT2D eigenvalue weighted by molar-refractivity contribution is -0.874. The molecule has 2 unspecified atom stereocenters. The number of quaternary nitrogens is 1. The minimum atomic E-state index is -0.318. The number of hydrogen-bond acceptors (Lipinski definition) is 2. The van der Waals surface area contributed by atoms with Crippen molar-refractivity contribution in [1.29, 1.82) is 0 Å². The molecule has 0 heterocycles. The molecule has 0 N–H and O–H groups in total. The van der Waals surface area contributed by atoms with Crippen LogP contribution in [0.4, 0.5) is 0 Å². The van der Waals surface area contributed by atoms with Gasteiger partial charge in [-0.2, -0.15) is 0 Å². The second-order valence-electron chi connectivity index (χ2n) is 4.96. The topological polar surface area (TPSA) is 40.1 Å². The molecule has 0 saturated heterocycles. The molecule has 2 atom stereocenters. The van der Waals surface area contributed by atoms with Crippen molar-refractivity contribution in [3.05, 3.63) is 41.1 Å². The maximum Gasteiger partial charge on any atom is 0.132 e. The van der Waals surface area contributed by atoms with Crippen molar-refractivity contribution in [2.75, 3.05) is 13.6 Å². The van der Waals surface area contributed by atoms with Crippen molar-refractivity contribution in [3.8, 4) is 0 Å². The molecule has 0 aliphatic carbocycles. The van der Waals surface area contributed by atoms with E-state index in [0.717, 1.165) is 5.56 Å². The monoisotopic (exact) mass is 235 g/mol. The van der Waals surface area contributed by atoms with Crippen LogP contribution in [0.25, 0.3) is 0 Å². The van der Waals surface area contributed by atoms with Crippen molar-refractivity contribution < 1.29 is 9.44 Å².